The third-order valence-corrected chi connectivity index (χ3v) is 3.33. The molecule has 1 heterocycles. The number of nitrogens with zero attached hydrogens (tertiary/aromatic N) is 2. The van der Waals surface area contributed by atoms with E-state index in [9.17, 15) is 0 Å². The van der Waals surface area contributed by atoms with Crippen molar-refractivity contribution in [2.45, 2.75) is 0 Å². The number of benzene rings is 2. The molecule has 0 amide bonds. The third-order valence-electron chi connectivity index (χ3n) is 3.33. The van der Waals surface area contributed by atoms with Crippen molar-refractivity contribution in [3.8, 4) is 17.1 Å². The Morgan fingerprint density at radius 1 is 1.05 bits per heavy atom. The Morgan fingerprint density at radius 2 is 1.81 bits per heavy atom. The fraction of sp³-hybridized carbons (Fsp3) is 0.235. The van der Waals surface area contributed by atoms with Crippen LogP contribution in [-0.4, -0.2) is 42.1 Å². The van der Waals surface area contributed by atoms with Crippen molar-refractivity contribution in [2.75, 3.05) is 27.2 Å². The van der Waals surface area contributed by atoms with Crippen LogP contribution in [0, 0.1) is 0 Å². The number of aromatic nitrogens is 2. The summed E-state index contributed by atoms with van der Waals surface area (Å²) >= 11 is 0. The van der Waals surface area contributed by atoms with E-state index in [1.165, 1.54) is 0 Å². The van der Waals surface area contributed by atoms with Crippen molar-refractivity contribution in [3.63, 3.8) is 0 Å². The zero-order chi connectivity index (χ0) is 14.7. The Bertz CT molecular complexity index is 700. The average molecular weight is 281 g/mol. The van der Waals surface area contributed by atoms with Crippen LogP contribution in [0.15, 0.2) is 48.5 Å². The van der Waals surface area contributed by atoms with Gasteiger partial charge in [0, 0.05) is 6.54 Å². The molecule has 0 fully saturated rings. The average Bonchev–Trinajstić information content (AvgIpc) is 2.91. The number of hydrogen-bond acceptors (Lipinski definition) is 3. The number of imidazole rings is 1. The monoisotopic (exact) mass is 281 g/mol. The number of ether oxygens (including phenoxy) is 1. The molecule has 21 heavy (non-hydrogen) atoms. The van der Waals surface area contributed by atoms with Gasteiger partial charge in [0.1, 0.15) is 18.2 Å². The number of para-hydroxylation sites is 3. The van der Waals surface area contributed by atoms with Gasteiger partial charge in [0.05, 0.1) is 16.6 Å². The predicted octanol–water partition coefficient (Wildman–Crippen LogP) is 3.17. The quantitative estimate of drug-likeness (QED) is 0.781. The van der Waals surface area contributed by atoms with Gasteiger partial charge in [-0.25, -0.2) is 4.98 Å². The van der Waals surface area contributed by atoms with E-state index in [0.717, 1.165) is 34.7 Å². The summed E-state index contributed by atoms with van der Waals surface area (Å²) in [6.45, 7) is 1.54. The van der Waals surface area contributed by atoms with Gasteiger partial charge in [0.25, 0.3) is 0 Å². The molecule has 1 aromatic heterocycles. The molecule has 0 spiro atoms. The van der Waals surface area contributed by atoms with E-state index in [2.05, 4.69) is 14.9 Å². The van der Waals surface area contributed by atoms with Crippen LogP contribution in [0.1, 0.15) is 0 Å². The molecule has 0 bridgehead atoms. The second-order valence-corrected chi connectivity index (χ2v) is 5.25. The Kier molecular flexibility index (Phi) is 3.88. The summed E-state index contributed by atoms with van der Waals surface area (Å²) in [6.07, 6.45) is 0. The summed E-state index contributed by atoms with van der Waals surface area (Å²) in [5.74, 6) is 1.70. The molecule has 0 unspecified atom stereocenters. The van der Waals surface area contributed by atoms with E-state index in [1.807, 2.05) is 62.6 Å². The van der Waals surface area contributed by atoms with Crippen molar-refractivity contribution < 1.29 is 4.74 Å². The number of fused-ring (bicyclic) bond motifs is 1. The topological polar surface area (TPSA) is 41.1 Å². The van der Waals surface area contributed by atoms with Crippen LogP contribution in [0.3, 0.4) is 0 Å². The molecule has 0 aliphatic rings. The van der Waals surface area contributed by atoms with Crippen LogP contribution in [0.4, 0.5) is 0 Å². The fourth-order valence-corrected chi connectivity index (χ4v) is 2.21. The summed E-state index contributed by atoms with van der Waals surface area (Å²) in [4.78, 5) is 10.1. The first-order chi connectivity index (χ1) is 10.2. The summed E-state index contributed by atoms with van der Waals surface area (Å²) in [5, 5.41) is 0. The van der Waals surface area contributed by atoms with Crippen LogP contribution in [0.5, 0.6) is 5.75 Å². The minimum atomic E-state index is 0.657. The highest BCUT2D eigenvalue weighted by atomic mass is 16.5. The molecular formula is C17H19N3O. The molecule has 0 saturated carbocycles. The van der Waals surface area contributed by atoms with Gasteiger partial charge in [-0.05, 0) is 38.4 Å². The molecule has 0 aliphatic heterocycles. The van der Waals surface area contributed by atoms with Crippen molar-refractivity contribution in [3.05, 3.63) is 48.5 Å². The summed E-state index contributed by atoms with van der Waals surface area (Å²) < 4.78 is 5.90. The maximum Gasteiger partial charge on any atom is 0.142 e. The van der Waals surface area contributed by atoms with Crippen molar-refractivity contribution in [1.29, 1.82) is 0 Å². The molecule has 0 aliphatic carbocycles. The Balaban J connectivity index is 1.90. The molecule has 0 saturated heterocycles. The maximum atomic E-state index is 5.90. The van der Waals surface area contributed by atoms with Gasteiger partial charge < -0.3 is 14.6 Å². The molecule has 0 atom stereocenters. The number of rotatable bonds is 5. The van der Waals surface area contributed by atoms with E-state index < -0.39 is 0 Å². The van der Waals surface area contributed by atoms with Crippen molar-refractivity contribution in [2.24, 2.45) is 0 Å². The van der Waals surface area contributed by atoms with Crippen molar-refractivity contribution >= 4 is 11.0 Å². The van der Waals surface area contributed by atoms with Crippen LogP contribution in [-0.2, 0) is 0 Å². The first kappa shape index (κ1) is 13.6. The smallest absolute Gasteiger partial charge is 0.142 e. The zero-order valence-corrected chi connectivity index (χ0v) is 12.3. The van der Waals surface area contributed by atoms with E-state index >= 15 is 0 Å². The van der Waals surface area contributed by atoms with E-state index in [0.29, 0.717) is 6.61 Å². The van der Waals surface area contributed by atoms with Gasteiger partial charge in [-0.3, -0.25) is 0 Å². The molecule has 2 aromatic carbocycles. The Morgan fingerprint density at radius 3 is 2.62 bits per heavy atom. The number of nitrogens with one attached hydrogen (secondary N) is 1. The lowest BCUT2D eigenvalue weighted by Crippen LogP contribution is -2.19. The lowest BCUT2D eigenvalue weighted by atomic mass is 10.2. The highest BCUT2D eigenvalue weighted by molar-refractivity contribution is 5.80. The van der Waals surface area contributed by atoms with Crippen LogP contribution < -0.4 is 4.74 Å². The van der Waals surface area contributed by atoms with E-state index in [-0.39, 0.29) is 0 Å². The molecule has 108 valence electrons. The highest BCUT2D eigenvalue weighted by Gasteiger charge is 2.10. The third kappa shape index (κ3) is 3.06. The van der Waals surface area contributed by atoms with Crippen LogP contribution in [0.25, 0.3) is 22.4 Å². The molecule has 4 heteroatoms. The molecule has 3 aromatic rings. The predicted molar refractivity (Wildman–Crippen MR) is 85.6 cm³/mol. The molecule has 1 N–H and O–H groups in total. The van der Waals surface area contributed by atoms with Crippen LogP contribution >= 0.6 is 0 Å². The first-order valence-corrected chi connectivity index (χ1v) is 7.06. The maximum absolute atomic E-state index is 5.90. The van der Waals surface area contributed by atoms with Gasteiger partial charge in [0.15, 0.2) is 0 Å². The van der Waals surface area contributed by atoms with Gasteiger partial charge in [-0.15, -0.1) is 0 Å². The number of hydrogen-bond donors (Lipinski definition) is 1. The standard InChI is InChI=1S/C17H19N3O/c1-20(2)11-12-21-16-10-6-3-7-13(16)17-18-14-8-4-5-9-15(14)19-17/h3-10H,11-12H2,1-2H3,(H,18,19). The Labute approximate surface area is 124 Å². The second-order valence-electron chi connectivity index (χ2n) is 5.25. The van der Waals surface area contributed by atoms with E-state index in [1.54, 1.807) is 0 Å². The lowest BCUT2D eigenvalue weighted by molar-refractivity contribution is 0.262. The fourth-order valence-electron chi connectivity index (χ4n) is 2.21. The van der Waals surface area contributed by atoms with Gasteiger partial charge >= 0.3 is 0 Å². The SMILES string of the molecule is CN(C)CCOc1ccccc1-c1nc2ccccc2[nH]1. The highest BCUT2D eigenvalue weighted by Crippen LogP contribution is 2.29. The zero-order valence-electron chi connectivity index (χ0n) is 12.3. The van der Waals surface area contributed by atoms with Crippen molar-refractivity contribution in [1.82, 2.24) is 14.9 Å². The second kappa shape index (κ2) is 5.97. The lowest BCUT2D eigenvalue weighted by Gasteiger charge is -2.13. The number of likely N-dealkylation sites (N-methyl/N-ethyl adjacent to an activating group) is 1. The van der Waals surface area contributed by atoms with Crippen LogP contribution in [0.2, 0.25) is 0 Å². The molecular weight excluding hydrogens is 262 g/mol. The van der Waals surface area contributed by atoms with Gasteiger partial charge in [-0.2, -0.15) is 0 Å². The Hall–Kier alpha value is -2.33. The number of aromatic amines is 1. The summed E-state index contributed by atoms with van der Waals surface area (Å²) in [5.41, 5.74) is 3.00. The summed E-state index contributed by atoms with van der Waals surface area (Å²) in [6, 6.07) is 16.0. The normalized spacial score (nSPS) is 11.2. The minimum Gasteiger partial charge on any atom is -0.491 e. The van der Waals surface area contributed by atoms with Gasteiger partial charge in [-0.1, -0.05) is 24.3 Å². The summed E-state index contributed by atoms with van der Waals surface area (Å²) in [7, 11) is 4.07. The largest absolute Gasteiger partial charge is 0.491 e. The molecule has 4 nitrogen and oxygen atoms in total. The molecule has 0 radical (unpaired) electrons. The van der Waals surface area contributed by atoms with E-state index in [4.69, 9.17) is 4.74 Å². The van der Waals surface area contributed by atoms with Gasteiger partial charge in [0.2, 0.25) is 0 Å². The first-order valence-electron chi connectivity index (χ1n) is 7.06. The minimum absolute atomic E-state index is 0.657. The molecule has 3 rings (SSSR count). The number of H-pyrrole nitrogens is 1.